The average molecular weight is 86.2 g/mol. The predicted molar refractivity (Wildman–Crippen MR) is 22.2 cm³/mol. The topological polar surface area (TPSA) is 94.5 Å². The molecular weight excluding hydrogens is 76.1 g/mol. The first-order valence-electron chi connectivity index (χ1n) is 0. The zero-order chi connectivity index (χ0) is 0. The fraction of sp³-hybridized carbons (Fsp3) is 0. The highest BCUT2D eigenvalue weighted by atomic mass is 28.1. The van der Waals surface area contributed by atoms with Gasteiger partial charge in [0.05, 0.1) is 0 Å². The van der Waals surface area contributed by atoms with Crippen molar-refractivity contribution in [1.82, 2.24) is 0 Å². The lowest BCUT2D eigenvalue weighted by atomic mass is 16.0. The van der Waals surface area contributed by atoms with E-state index in [-0.39, 0.29) is 27.4 Å². The Bertz CT molecular complexity index is 3.25. The summed E-state index contributed by atoms with van der Waals surface area (Å²) < 4.78 is 0. The van der Waals surface area contributed by atoms with Crippen LogP contribution >= 0.6 is 0 Å². The van der Waals surface area contributed by atoms with Crippen LogP contribution in [0.15, 0.2) is 0 Å². The van der Waals surface area contributed by atoms with E-state index in [1.807, 2.05) is 0 Å². The van der Waals surface area contributed by atoms with Crippen molar-refractivity contribution in [2.45, 2.75) is 0 Å². The average Bonchev–Trinajstić information content (AvgIpc) is 0. The molecule has 0 saturated heterocycles. The Kier molecular flexibility index (Phi) is 1520000. The van der Waals surface area contributed by atoms with Gasteiger partial charge in [-0.25, -0.2) is 0 Å². The number of hydrogen-bond acceptors (Lipinski definition) is 0. The molecule has 0 aliphatic rings. The van der Waals surface area contributed by atoms with E-state index in [1.165, 1.54) is 0 Å². The zero-order valence-corrected chi connectivity index (χ0v) is 1.50. The van der Waals surface area contributed by atoms with Crippen molar-refractivity contribution < 1.29 is 16.4 Å². The van der Waals surface area contributed by atoms with E-state index in [2.05, 4.69) is 0 Å². The van der Waals surface area contributed by atoms with Crippen LogP contribution < -0.4 is 0 Å². The van der Waals surface area contributed by atoms with Gasteiger partial charge in [0.2, 0.25) is 0 Å². The zero-order valence-electron chi connectivity index (χ0n) is 1.50. The Labute approximate surface area is 28.6 Å². The highest BCUT2D eigenvalue weighted by Crippen LogP contribution is -0.287. The summed E-state index contributed by atoms with van der Waals surface area (Å²) >= 11 is 0. The van der Waals surface area contributed by atoms with Gasteiger partial charge in [-0.2, -0.15) is 0 Å². The van der Waals surface area contributed by atoms with Crippen LogP contribution in [0.1, 0.15) is 0 Å². The van der Waals surface area contributed by atoms with Gasteiger partial charge in [-0.1, -0.05) is 0 Å². The normalized spacial score (nSPS) is 0. The molecule has 0 aromatic rings. The fourth-order valence-electron chi connectivity index (χ4n) is 0. The third-order valence-electron chi connectivity index (χ3n) is 0. The minimum Gasteiger partial charge on any atom is -0.412 e. The molecule has 0 rings (SSSR count). The van der Waals surface area contributed by atoms with Gasteiger partial charge >= 0.3 is 0 Å². The predicted octanol–water partition coefficient (Wildman–Crippen LogP) is -3.93. The van der Waals surface area contributed by atoms with Crippen molar-refractivity contribution in [3.05, 3.63) is 0 Å². The van der Waals surface area contributed by atoms with Gasteiger partial charge in [0, 0.05) is 0 Å². The second-order valence-corrected chi connectivity index (χ2v) is 0. The van der Waals surface area contributed by atoms with E-state index in [9.17, 15) is 0 Å². The second-order valence-electron chi connectivity index (χ2n) is 0. The molecule has 0 aromatic heterocycles. The molecule has 0 saturated carbocycles. The van der Waals surface area contributed by atoms with E-state index in [0.29, 0.717) is 0 Å². The molecule has 32 valence electrons. The molecule has 0 spiro atoms. The molecule has 0 amide bonds. The standard InChI is InChI=1S/3H2O.H4Si/h3*1H2;1H4. The molecule has 6 N–H and O–H groups in total. The molecule has 0 aromatic carbocycles. The van der Waals surface area contributed by atoms with Crippen molar-refractivity contribution >= 4 is 11.0 Å². The van der Waals surface area contributed by atoms with E-state index < -0.39 is 0 Å². The van der Waals surface area contributed by atoms with E-state index in [4.69, 9.17) is 0 Å². The van der Waals surface area contributed by atoms with Crippen LogP contribution in [0.25, 0.3) is 0 Å². The van der Waals surface area contributed by atoms with Gasteiger partial charge in [-0.05, 0) is 11.0 Å². The first-order valence-corrected chi connectivity index (χ1v) is 0. The van der Waals surface area contributed by atoms with E-state index >= 15 is 0 Å². The van der Waals surface area contributed by atoms with Gasteiger partial charge in [-0.15, -0.1) is 0 Å². The SMILES string of the molecule is O.O.O.[SiH4]. The third kappa shape index (κ3) is 269. The van der Waals surface area contributed by atoms with Crippen LogP contribution in [0.5, 0.6) is 0 Å². The molecular formula is H10O3Si. The molecule has 0 radical (unpaired) electrons. The molecule has 0 aliphatic carbocycles. The van der Waals surface area contributed by atoms with Crippen molar-refractivity contribution in [3.63, 3.8) is 0 Å². The van der Waals surface area contributed by atoms with Crippen molar-refractivity contribution in [2.75, 3.05) is 0 Å². The van der Waals surface area contributed by atoms with Gasteiger partial charge in [0.1, 0.15) is 0 Å². The lowest BCUT2D eigenvalue weighted by Crippen LogP contribution is -0.381. The van der Waals surface area contributed by atoms with Gasteiger partial charge in [-0.3, -0.25) is 0 Å². The van der Waals surface area contributed by atoms with Crippen molar-refractivity contribution in [2.24, 2.45) is 0 Å². The van der Waals surface area contributed by atoms with E-state index in [0.717, 1.165) is 0 Å². The van der Waals surface area contributed by atoms with Crippen molar-refractivity contribution in [1.29, 1.82) is 0 Å². The quantitative estimate of drug-likeness (QED) is 0.269. The maximum Gasteiger partial charge on any atom is -0.0149 e. The summed E-state index contributed by atoms with van der Waals surface area (Å²) in [4.78, 5) is 0. The Morgan fingerprint density at radius 3 is 0.500 bits per heavy atom. The number of hydrogen-bond donors (Lipinski definition) is 0. The van der Waals surface area contributed by atoms with Crippen LogP contribution in [0.3, 0.4) is 0 Å². The summed E-state index contributed by atoms with van der Waals surface area (Å²) in [7, 11) is 0. The summed E-state index contributed by atoms with van der Waals surface area (Å²) in [6.45, 7) is 0. The lowest BCUT2D eigenvalue weighted by Gasteiger charge is -0.413. The smallest absolute Gasteiger partial charge is 0.0149 e. The molecule has 0 aliphatic heterocycles. The van der Waals surface area contributed by atoms with Crippen LogP contribution in [0.2, 0.25) is 0 Å². The first-order chi connectivity index (χ1) is 0. The molecule has 3 nitrogen and oxygen atoms in total. The lowest BCUT2D eigenvalue weighted by molar-refractivity contribution is 0.823. The maximum absolute atomic E-state index is 0. The third-order valence-corrected chi connectivity index (χ3v) is 0. The minimum atomic E-state index is 0. The van der Waals surface area contributed by atoms with Gasteiger partial charge < -0.3 is 16.4 Å². The molecule has 0 atom stereocenters. The Balaban J connectivity index is 0. The minimum absolute atomic E-state index is 0. The molecule has 4 heavy (non-hydrogen) atoms. The highest BCUT2D eigenvalue weighted by molar-refractivity contribution is 5.75. The fourth-order valence-corrected chi connectivity index (χ4v) is 0. The van der Waals surface area contributed by atoms with Crippen LogP contribution in [-0.2, 0) is 0 Å². The molecule has 0 bridgehead atoms. The maximum atomic E-state index is 0. The molecule has 0 fully saturated rings. The van der Waals surface area contributed by atoms with Crippen molar-refractivity contribution in [3.8, 4) is 0 Å². The highest BCUT2D eigenvalue weighted by Gasteiger charge is -0.0148. The summed E-state index contributed by atoms with van der Waals surface area (Å²) in [6, 6.07) is 0. The monoisotopic (exact) mass is 86.0 g/mol. The van der Waals surface area contributed by atoms with Crippen LogP contribution in [0, 0.1) is 0 Å². The Morgan fingerprint density at radius 1 is 0.500 bits per heavy atom. The number of rotatable bonds is 0. The summed E-state index contributed by atoms with van der Waals surface area (Å²) in [6.07, 6.45) is 0. The molecule has 0 heterocycles. The largest absolute Gasteiger partial charge is 0.412 e. The van der Waals surface area contributed by atoms with Crippen LogP contribution in [0.4, 0.5) is 0 Å². The first kappa shape index (κ1) is 4190. The molecule has 0 unspecified atom stereocenters. The summed E-state index contributed by atoms with van der Waals surface area (Å²) in [5, 5.41) is 0. The summed E-state index contributed by atoms with van der Waals surface area (Å²) in [5.74, 6) is 0. The van der Waals surface area contributed by atoms with E-state index in [1.54, 1.807) is 0 Å². The van der Waals surface area contributed by atoms with Gasteiger partial charge in [0.15, 0.2) is 0 Å². The summed E-state index contributed by atoms with van der Waals surface area (Å²) in [5.41, 5.74) is 0. The second kappa shape index (κ2) is 1450. The molecule has 4 heteroatoms. The van der Waals surface area contributed by atoms with Crippen LogP contribution in [-0.4, -0.2) is 27.4 Å². The Hall–Kier alpha value is 0.0969. The van der Waals surface area contributed by atoms with Gasteiger partial charge in [0.25, 0.3) is 0 Å². The Morgan fingerprint density at radius 2 is 0.500 bits per heavy atom.